The first kappa shape index (κ1) is 13.1. The maximum atomic E-state index is 10.8. The molecule has 0 aliphatic rings. The van der Waals surface area contributed by atoms with Crippen molar-refractivity contribution in [3.63, 3.8) is 0 Å². The molecule has 0 radical (unpaired) electrons. The van der Waals surface area contributed by atoms with Crippen molar-refractivity contribution in [3.8, 4) is 0 Å². The van der Waals surface area contributed by atoms with Crippen LogP contribution in [0.5, 0.6) is 0 Å². The van der Waals surface area contributed by atoms with E-state index in [4.69, 9.17) is 15.3 Å². The quantitative estimate of drug-likeness (QED) is 0.766. The summed E-state index contributed by atoms with van der Waals surface area (Å²) < 4.78 is 5.17. The molecule has 0 amide bonds. The van der Waals surface area contributed by atoms with Crippen LogP contribution < -0.4 is 5.73 Å². The van der Waals surface area contributed by atoms with Gasteiger partial charge in [-0.25, -0.2) is 4.98 Å². The first-order valence-corrected chi connectivity index (χ1v) is 5.80. The van der Waals surface area contributed by atoms with Crippen molar-refractivity contribution >= 4 is 17.7 Å². The largest absolute Gasteiger partial charge is 0.480 e. The van der Waals surface area contributed by atoms with Crippen molar-refractivity contribution in [2.24, 2.45) is 5.73 Å². The number of hydrogen-bond donors (Lipinski definition) is 2. The summed E-state index contributed by atoms with van der Waals surface area (Å²) in [5.74, 6) is -0.997. The Bertz CT molecular complexity index is 376. The third kappa shape index (κ3) is 3.53. The highest BCUT2D eigenvalue weighted by Gasteiger charge is 2.30. The van der Waals surface area contributed by atoms with Gasteiger partial charge in [-0.1, -0.05) is 18.7 Å². The second-order valence-electron chi connectivity index (χ2n) is 4.11. The summed E-state index contributed by atoms with van der Waals surface area (Å²) in [5.41, 5.74) is 5.25. The van der Waals surface area contributed by atoms with E-state index in [1.807, 2.05) is 13.8 Å². The van der Waals surface area contributed by atoms with Crippen LogP contribution in [0.25, 0.3) is 0 Å². The molecule has 0 aliphatic heterocycles. The van der Waals surface area contributed by atoms with Gasteiger partial charge in [0.15, 0.2) is 0 Å². The lowest BCUT2D eigenvalue weighted by Gasteiger charge is -2.22. The highest BCUT2D eigenvalue weighted by Crippen LogP contribution is 2.27. The maximum Gasteiger partial charge on any atom is 0.323 e. The van der Waals surface area contributed by atoms with Crippen molar-refractivity contribution in [1.29, 1.82) is 0 Å². The fourth-order valence-corrected chi connectivity index (χ4v) is 2.36. The number of carboxylic acid groups (broad SMARTS) is 1. The minimum atomic E-state index is -1.21. The van der Waals surface area contributed by atoms with Gasteiger partial charge in [0.2, 0.25) is 0 Å². The summed E-state index contributed by atoms with van der Waals surface area (Å²) in [4.78, 5) is 15.0. The summed E-state index contributed by atoms with van der Waals surface area (Å²) in [6, 6.07) is 0. The summed E-state index contributed by atoms with van der Waals surface area (Å²) in [6.45, 7) is 5.24. The van der Waals surface area contributed by atoms with Gasteiger partial charge in [0.1, 0.15) is 11.8 Å². The van der Waals surface area contributed by atoms with Crippen LogP contribution in [0.4, 0.5) is 0 Å². The van der Waals surface area contributed by atoms with E-state index in [0.29, 0.717) is 11.6 Å². The van der Waals surface area contributed by atoms with Crippen molar-refractivity contribution in [3.05, 3.63) is 12.0 Å². The third-order valence-electron chi connectivity index (χ3n) is 2.10. The predicted octanol–water partition coefficient (Wildman–Crippen LogP) is 1.66. The molecular weight excluding hydrogens is 228 g/mol. The lowest BCUT2D eigenvalue weighted by molar-refractivity contribution is -0.142. The molecule has 6 heteroatoms. The van der Waals surface area contributed by atoms with Crippen molar-refractivity contribution in [1.82, 2.24) is 4.98 Å². The number of oxazole rings is 1. The smallest absolute Gasteiger partial charge is 0.323 e. The fraction of sp³-hybridized carbons (Fsp3) is 0.600. The third-order valence-corrected chi connectivity index (χ3v) is 3.06. The molecule has 2 unspecified atom stereocenters. The number of thioether (sulfide) groups is 1. The molecule has 0 saturated carbocycles. The van der Waals surface area contributed by atoms with Gasteiger partial charge in [0, 0.05) is 5.25 Å². The second-order valence-corrected chi connectivity index (χ2v) is 5.50. The van der Waals surface area contributed by atoms with Crippen LogP contribution in [0.15, 0.2) is 15.9 Å². The Morgan fingerprint density at radius 1 is 1.81 bits per heavy atom. The Balaban J connectivity index is 2.54. The normalized spacial score (nSPS) is 16.8. The van der Waals surface area contributed by atoms with Crippen LogP contribution in [0.3, 0.4) is 0 Å². The molecular formula is C10H16N2O3S. The SMILES string of the molecule is Cc1coc(SC(C)CC(C)(N)C(=O)O)n1. The highest BCUT2D eigenvalue weighted by atomic mass is 32.2. The molecule has 0 aromatic carbocycles. The van der Waals surface area contributed by atoms with Crippen LogP contribution in [-0.2, 0) is 4.79 Å². The van der Waals surface area contributed by atoms with E-state index in [1.54, 1.807) is 6.26 Å². The minimum absolute atomic E-state index is 0.0316. The van der Waals surface area contributed by atoms with Gasteiger partial charge >= 0.3 is 5.97 Å². The molecule has 90 valence electrons. The summed E-state index contributed by atoms with van der Waals surface area (Å²) in [6.07, 6.45) is 1.92. The molecule has 0 aliphatic carbocycles. The average Bonchev–Trinajstić information content (AvgIpc) is 2.49. The van der Waals surface area contributed by atoms with Gasteiger partial charge in [-0.2, -0.15) is 0 Å². The fourth-order valence-electron chi connectivity index (χ4n) is 1.28. The number of rotatable bonds is 5. The van der Waals surface area contributed by atoms with Gasteiger partial charge in [0.25, 0.3) is 5.22 Å². The molecule has 1 rings (SSSR count). The topological polar surface area (TPSA) is 89.3 Å². The number of nitrogens with zero attached hydrogens (tertiary/aromatic N) is 1. The Morgan fingerprint density at radius 2 is 2.44 bits per heavy atom. The van der Waals surface area contributed by atoms with Crippen molar-refractivity contribution < 1.29 is 14.3 Å². The van der Waals surface area contributed by atoms with Crippen LogP contribution in [0, 0.1) is 6.92 Å². The Kier molecular flexibility index (Phi) is 3.98. The first-order valence-electron chi connectivity index (χ1n) is 4.92. The summed E-state index contributed by atoms with van der Waals surface area (Å²) >= 11 is 1.39. The van der Waals surface area contributed by atoms with E-state index in [9.17, 15) is 4.79 Å². The highest BCUT2D eigenvalue weighted by molar-refractivity contribution is 7.99. The van der Waals surface area contributed by atoms with E-state index >= 15 is 0 Å². The number of hydrogen-bond acceptors (Lipinski definition) is 5. The second kappa shape index (κ2) is 4.88. The zero-order valence-electron chi connectivity index (χ0n) is 9.56. The molecule has 3 N–H and O–H groups in total. The molecule has 0 bridgehead atoms. The molecule has 1 heterocycles. The predicted molar refractivity (Wildman–Crippen MR) is 61.4 cm³/mol. The monoisotopic (exact) mass is 244 g/mol. The number of aromatic nitrogens is 1. The lowest BCUT2D eigenvalue weighted by atomic mass is 9.98. The van der Waals surface area contributed by atoms with E-state index in [1.165, 1.54) is 18.7 Å². The Morgan fingerprint density at radius 3 is 2.88 bits per heavy atom. The summed E-state index contributed by atoms with van der Waals surface area (Å²) in [7, 11) is 0. The van der Waals surface area contributed by atoms with E-state index in [-0.39, 0.29) is 5.25 Å². The molecule has 0 fully saturated rings. The first-order chi connectivity index (χ1) is 7.31. The lowest BCUT2D eigenvalue weighted by Crippen LogP contribution is -2.46. The number of carbonyl (C=O) groups is 1. The van der Waals surface area contributed by atoms with E-state index < -0.39 is 11.5 Å². The molecule has 0 spiro atoms. The summed E-state index contributed by atoms with van der Waals surface area (Å²) in [5, 5.41) is 9.47. The number of aryl methyl sites for hydroxylation is 1. The average molecular weight is 244 g/mol. The van der Waals surface area contributed by atoms with Crippen molar-refractivity contribution in [2.45, 2.75) is 43.2 Å². The Hall–Kier alpha value is -1.01. The molecule has 16 heavy (non-hydrogen) atoms. The van der Waals surface area contributed by atoms with Gasteiger partial charge in [-0.05, 0) is 20.3 Å². The number of carboxylic acids is 1. The van der Waals surface area contributed by atoms with Gasteiger partial charge in [-0.15, -0.1) is 0 Å². The van der Waals surface area contributed by atoms with E-state index in [2.05, 4.69) is 4.98 Å². The number of nitrogens with two attached hydrogens (primary N) is 1. The number of aliphatic carboxylic acids is 1. The van der Waals surface area contributed by atoms with E-state index in [0.717, 1.165) is 5.69 Å². The van der Waals surface area contributed by atoms with Crippen LogP contribution in [-0.4, -0.2) is 26.8 Å². The van der Waals surface area contributed by atoms with Crippen LogP contribution >= 0.6 is 11.8 Å². The van der Waals surface area contributed by atoms with Crippen molar-refractivity contribution in [2.75, 3.05) is 0 Å². The molecule has 1 aromatic heterocycles. The standard InChI is InChI=1S/C10H16N2O3S/c1-6-5-15-9(12-6)16-7(2)4-10(3,11)8(13)14/h5,7H,4,11H2,1-3H3,(H,13,14). The van der Waals surface area contributed by atoms with Gasteiger partial charge in [0.05, 0.1) is 5.69 Å². The van der Waals surface area contributed by atoms with Gasteiger partial charge in [-0.3, -0.25) is 4.79 Å². The van der Waals surface area contributed by atoms with Gasteiger partial charge < -0.3 is 15.3 Å². The molecule has 5 nitrogen and oxygen atoms in total. The maximum absolute atomic E-state index is 10.8. The van der Waals surface area contributed by atoms with Crippen LogP contribution in [0.2, 0.25) is 0 Å². The molecule has 2 atom stereocenters. The molecule has 0 saturated heterocycles. The van der Waals surface area contributed by atoms with Crippen LogP contribution in [0.1, 0.15) is 26.0 Å². The minimum Gasteiger partial charge on any atom is -0.480 e. The molecule has 1 aromatic rings. The zero-order chi connectivity index (χ0) is 12.3. The zero-order valence-corrected chi connectivity index (χ0v) is 10.4. The Labute approximate surface area is 98.4 Å².